The van der Waals surface area contributed by atoms with E-state index in [-0.39, 0.29) is 34.4 Å². The molecule has 31 heavy (non-hydrogen) atoms. The van der Waals surface area contributed by atoms with Gasteiger partial charge in [-0.15, -0.1) is 0 Å². The van der Waals surface area contributed by atoms with Crippen LogP contribution in [-0.4, -0.2) is 18.4 Å². The first-order chi connectivity index (χ1) is 14.4. The summed E-state index contributed by atoms with van der Waals surface area (Å²) in [6, 6.07) is 9.34. The maximum Gasteiger partial charge on any atom is 0.416 e. The van der Waals surface area contributed by atoms with Crippen LogP contribution in [0.25, 0.3) is 0 Å². The van der Waals surface area contributed by atoms with Crippen molar-refractivity contribution in [1.29, 1.82) is 0 Å². The van der Waals surface area contributed by atoms with E-state index in [1.807, 2.05) is 0 Å². The summed E-state index contributed by atoms with van der Waals surface area (Å²) in [5.74, 6) is -1.24. The van der Waals surface area contributed by atoms with E-state index in [2.05, 4.69) is 14.7 Å². The summed E-state index contributed by atoms with van der Waals surface area (Å²) in [5.41, 5.74) is -0.124. The van der Waals surface area contributed by atoms with Crippen LogP contribution in [-0.2, 0) is 22.0 Å². The van der Waals surface area contributed by atoms with E-state index in [0.717, 1.165) is 24.3 Å². The van der Waals surface area contributed by atoms with Crippen LogP contribution >= 0.6 is 0 Å². The summed E-state index contributed by atoms with van der Waals surface area (Å²) >= 11 is 0. The van der Waals surface area contributed by atoms with Crippen LogP contribution in [0.15, 0.2) is 48.5 Å². The van der Waals surface area contributed by atoms with Crippen LogP contribution in [0.4, 0.5) is 23.2 Å². The number of alkyl halides is 3. The van der Waals surface area contributed by atoms with Gasteiger partial charge in [0, 0.05) is 0 Å². The number of ether oxygens (including phenoxy) is 1. The number of aromatic nitrogens is 2. The fraction of sp³-hybridized carbons (Fsp3) is 0.200. The Morgan fingerprint density at radius 2 is 1.55 bits per heavy atom. The molecular formula is C20H17F4N3O3S. The first-order valence-electron chi connectivity index (χ1n) is 8.89. The van der Waals surface area contributed by atoms with Gasteiger partial charge in [0.05, 0.1) is 28.4 Å². The molecule has 0 aliphatic rings. The average Bonchev–Trinajstić information content (AvgIpc) is 2.66. The first-order valence-corrected chi connectivity index (χ1v) is 10.5. The minimum absolute atomic E-state index is 0.0862. The van der Waals surface area contributed by atoms with Crippen LogP contribution in [0, 0.1) is 19.7 Å². The molecule has 3 rings (SSSR count). The lowest BCUT2D eigenvalue weighted by atomic mass is 10.1. The number of benzene rings is 2. The number of sulfonamides is 1. The van der Waals surface area contributed by atoms with Crippen molar-refractivity contribution in [1.82, 2.24) is 9.97 Å². The minimum atomic E-state index is -4.51. The van der Waals surface area contributed by atoms with Gasteiger partial charge in [-0.25, -0.2) is 12.8 Å². The van der Waals surface area contributed by atoms with Crippen LogP contribution in [0.2, 0.25) is 0 Å². The number of hydrogen-bond donors (Lipinski definition) is 1. The molecule has 0 fully saturated rings. The van der Waals surface area contributed by atoms with E-state index in [0.29, 0.717) is 0 Å². The number of nitrogens with one attached hydrogen (secondary N) is 1. The van der Waals surface area contributed by atoms with E-state index in [4.69, 9.17) is 4.74 Å². The lowest BCUT2D eigenvalue weighted by Crippen LogP contribution is -2.18. The Hall–Kier alpha value is -3.21. The molecule has 0 saturated heterocycles. The Balaban J connectivity index is 1.77. The van der Waals surface area contributed by atoms with Crippen molar-refractivity contribution in [2.45, 2.75) is 25.8 Å². The maximum absolute atomic E-state index is 13.7. The predicted molar refractivity (Wildman–Crippen MR) is 106 cm³/mol. The molecule has 0 saturated carbocycles. The number of halogens is 4. The molecule has 1 heterocycles. The van der Waals surface area contributed by atoms with Crippen molar-refractivity contribution < 1.29 is 30.7 Å². The molecule has 0 spiro atoms. The topological polar surface area (TPSA) is 81.2 Å². The normalized spacial score (nSPS) is 11.9. The van der Waals surface area contributed by atoms with Gasteiger partial charge < -0.3 is 4.74 Å². The van der Waals surface area contributed by atoms with Gasteiger partial charge in [-0.1, -0.05) is 24.3 Å². The highest BCUT2D eigenvalue weighted by atomic mass is 32.2. The van der Waals surface area contributed by atoms with E-state index < -0.39 is 33.3 Å². The van der Waals surface area contributed by atoms with Gasteiger partial charge in [-0.05, 0) is 43.7 Å². The summed E-state index contributed by atoms with van der Waals surface area (Å²) in [5, 5.41) is 0. The minimum Gasteiger partial charge on any atom is -0.421 e. The quantitative estimate of drug-likeness (QED) is 0.530. The Labute approximate surface area is 176 Å². The van der Waals surface area contributed by atoms with Crippen molar-refractivity contribution in [2.24, 2.45) is 0 Å². The second kappa shape index (κ2) is 8.50. The second-order valence-corrected chi connectivity index (χ2v) is 8.36. The smallest absolute Gasteiger partial charge is 0.416 e. The van der Waals surface area contributed by atoms with Gasteiger partial charge in [-0.3, -0.25) is 4.72 Å². The molecule has 0 radical (unpaired) electrons. The lowest BCUT2D eigenvalue weighted by Gasteiger charge is -2.14. The lowest BCUT2D eigenvalue weighted by molar-refractivity contribution is -0.137. The molecule has 0 bridgehead atoms. The first kappa shape index (κ1) is 22.5. The Morgan fingerprint density at radius 1 is 0.968 bits per heavy atom. The van der Waals surface area contributed by atoms with Crippen LogP contribution in [0.3, 0.4) is 0 Å². The number of aryl methyl sites for hydroxylation is 2. The largest absolute Gasteiger partial charge is 0.421 e. The Kier molecular flexibility index (Phi) is 6.16. The Morgan fingerprint density at radius 3 is 2.10 bits per heavy atom. The zero-order valence-corrected chi connectivity index (χ0v) is 17.2. The number of rotatable bonds is 6. The highest BCUT2D eigenvalue weighted by Gasteiger charge is 2.30. The number of hydrogen-bond acceptors (Lipinski definition) is 5. The van der Waals surface area contributed by atoms with Gasteiger partial charge >= 0.3 is 12.2 Å². The standard InChI is InChI=1S/C20H17F4N3O3S/c1-12-18(13(2)26-19(25-12)30-17-6-4-3-5-16(17)21)27-31(28,29)11-14-7-9-15(10-8-14)20(22,23)24/h3-10,27H,11H2,1-2H3. The summed E-state index contributed by atoms with van der Waals surface area (Å²) < 4.78 is 84.4. The molecule has 164 valence electrons. The van der Waals surface area contributed by atoms with Gasteiger partial charge in [-0.2, -0.15) is 23.1 Å². The molecule has 3 aromatic rings. The van der Waals surface area contributed by atoms with Crippen molar-refractivity contribution in [2.75, 3.05) is 4.72 Å². The molecule has 0 aliphatic heterocycles. The average molecular weight is 455 g/mol. The van der Waals surface area contributed by atoms with E-state index in [1.54, 1.807) is 6.07 Å². The monoisotopic (exact) mass is 455 g/mol. The highest BCUT2D eigenvalue weighted by Crippen LogP contribution is 2.30. The van der Waals surface area contributed by atoms with E-state index >= 15 is 0 Å². The molecule has 0 atom stereocenters. The van der Waals surface area contributed by atoms with E-state index in [9.17, 15) is 26.0 Å². The van der Waals surface area contributed by atoms with Crippen LogP contribution < -0.4 is 9.46 Å². The Bertz CT molecular complexity index is 1170. The van der Waals surface area contributed by atoms with Crippen LogP contribution in [0.5, 0.6) is 11.8 Å². The summed E-state index contributed by atoms with van der Waals surface area (Å²) in [7, 11) is -3.97. The van der Waals surface area contributed by atoms with Gasteiger partial charge in [0.15, 0.2) is 11.6 Å². The molecule has 1 N–H and O–H groups in total. The molecule has 0 unspecified atom stereocenters. The van der Waals surface area contributed by atoms with Gasteiger partial charge in [0.25, 0.3) is 0 Å². The predicted octanol–water partition coefficient (Wildman–Crippen LogP) is 4.99. The molecule has 1 aromatic heterocycles. The van der Waals surface area contributed by atoms with Crippen molar-refractivity contribution >= 4 is 15.7 Å². The molecule has 11 heteroatoms. The summed E-state index contributed by atoms with van der Waals surface area (Å²) in [6.07, 6.45) is -4.51. The highest BCUT2D eigenvalue weighted by molar-refractivity contribution is 7.91. The van der Waals surface area contributed by atoms with Gasteiger partial charge in [0.1, 0.15) is 0 Å². The molecule has 2 aromatic carbocycles. The summed E-state index contributed by atoms with van der Waals surface area (Å²) in [6.45, 7) is 3.03. The molecular weight excluding hydrogens is 438 g/mol. The summed E-state index contributed by atoms with van der Waals surface area (Å²) in [4.78, 5) is 8.10. The molecule has 0 amide bonds. The molecule has 0 aliphatic carbocycles. The fourth-order valence-electron chi connectivity index (χ4n) is 2.71. The third kappa shape index (κ3) is 5.69. The van der Waals surface area contributed by atoms with E-state index in [1.165, 1.54) is 32.0 Å². The second-order valence-electron chi connectivity index (χ2n) is 6.64. The van der Waals surface area contributed by atoms with Crippen molar-refractivity contribution in [3.05, 3.63) is 76.9 Å². The zero-order valence-electron chi connectivity index (χ0n) is 16.4. The number of nitrogens with zero attached hydrogens (tertiary/aromatic N) is 2. The van der Waals surface area contributed by atoms with Gasteiger partial charge in [0.2, 0.25) is 10.0 Å². The number of anilines is 1. The van der Waals surface area contributed by atoms with Crippen LogP contribution in [0.1, 0.15) is 22.5 Å². The maximum atomic E-state index is 13.7. The van der Waals surface area contributed by atoms with Crippen molar-refractivity contribution in [3.8, 4) is 11.8 Å². The SMILES string of the molecule is Cc1nc(Oc2ccccc2F)nc(C)c1NS(=O)(=O)Cc1ccc(C(F)(F)F)cc1. The van der Waals surface area contributed by atoms with Crippen molar-refractivity contribution in [3.63, 3.8) is 0 Å². The third-order valence-electron chi connectivity index (χ3n) is 4.18. The third-order valence-corrected chi connectivity index (χ3v) is 5.41. The fourth-order valence-corrected chi connectivity index (χ4v) is 4.02. The molecule has 6 nitrogen and oxygen atoms in total. The zero-order chi connectivity index (χ0) is 22.8. The number of para-hydroxylation sites is 1.